The molecule has 4 nitrogen and oxygen atoms in total. The summed E-state index contributed by atoms with van der Waals surface area (Å²) in [5.74, 6) is 0. The van der Waals surface area contributed by atoms with E-state index in [1.165, 1.54) is 11.3 Å². The maximum atomic E-state index is 11.9. The van der Waals surface area contributed by atoms with Crippen molar-refractivity contribution < 1.29 is 0 Å². The highest BCUT2D eigenvalue weighted by Gasteiger charge is 1.98. The molecule has 0 unspecified atom stereocenters. The molecule has 1 heterocycles. The van der Waals surface area contributed by atoms with E-state index in [1.807, 2.05) is 36.4 Å². The van der Waals surface area contributed by atoms with Crippen molar-refractivity contribution in [2.45, 2.75) is 0 Å². The maximum absolute atomic E-state index is 11.9. The minimum atomic E-state index is -0.219. The van der Waals surface area contributed by atoms with Crippen LogP contribution in [0.3, 0.4) is 0 Å². The smallest absolute Gasteiger partial charge is 0.286 e. The Morgan fingerprint density at radius 1 is 1.15 bits per heavy atom. The van der Waals surface area contributed by atoms with Crippen LogP contribution in [0.25, 0.3) is 10.2 Å². The van der Waals surface area contributed by atoms with E-state index >= 15 is 0 Å². The van der Waals surface area contributed by atoms with Gasteiger partial charge in [0.05, 0.1) is 15.9 Å². The summed E-state index contributed by atoms with van der Waals surface area (Å²) in [6.07, 6.45) is 0. The van der Waals surface area contributed by atoms with Crippen LogP contribution in [0.5, 0.6) is 0 Å². The topological polar surface area (TPSA) is 57.2 Å². The summed E-state index contributed by atoms with van der Waals surface area (Å²) in [5, 5.41) is 4.75. The van der Waals surface area contributed by atoms with Crippen molar-refractivity contribution in [1.29, 1.82) is 0 Å². The standard InChI is InChI=1S/C14H10ClN3OS/c15-9-4-3-5-10(8-9)17-18-14-13(19)16-11-6-1-2-7-12(11)20-14/h1-8,17H,(H,16,19)/b18-14-. The molecule has 3 aromatic rings. The van der Waals surface area contributed by atoms with Crippen LogP contribution >= 0.6 is 22.9 Å². The lowest BCUT2D eigenvalue weighted by atomic mass is 10.3. The molecule has 0 spiro atoms. The Hall–Kier alpha value is -2.11. The van der Waals surface area contributed by atoms with E-state index in [-0.39, 0.29) is 5.56 Å². The number of benzene rings is 2. The van der Waals surface area contributed by atoms with Gasteiger partial charge >= 0.3 is 0 Å². The number of aromatic amines is 1. The molecule has 0 saturated carbocycles. The van der Waals surface area contributed by atoms with Crippen molar-refractivity contribution in [2.75, 3.05) is 5.43 Å². The lowest BCUT2D eigenvalue weighted by Gasteiger charge is -2.00. The molecule has 0 aliphatic heterocycles. The first kappa shape index (κ1) is 12.9. The molecule has 0 radical (unpaired) electrons. The third-order valence-corrected chi connectivity index (χ3v) is 3.93. The first-order valence-electron chi connectivity index (χ1n) is 5.90. The molecule has 2 N–H and O–H groups in total. The van der Waals surface area contributed by atoms with Crippen molar-refractivity contribution in [1.82, 2.24) is 4.98 Å². The first-order chi connectivity index (χ1) is 9.72. The van der Waals surface area contributed by atoms with Gasteiger partial charge in [-0.05, 0) is 30.3 Å². The highest BCUT2D eigenvalue weighted by atomic mass is 35.5. The third kappa shape index (κ3) is 2.74. The summed E-state index contributed by atoms with van der Waals surface area (Å²) in [6.45, 7) is 0. The summed E-state index contributed by atoms with van der Waals surface area (Å²) < 4.78 is 1.34. The molecule has 20 heavy (non-hydrogen) atoms. The monoisotopic (exact) mass is 303 g/mol. The van der Waals surface area contributed by atoms with Crippen LogP contribution < -0.4 is 15.7 Å². The molecule has 6 heteroatoms. The number of para-hydroxylation sites is 1. The van der Waals surface area contributed by atoms with Crippen LogP contribution in [0, 0.1) is 0 Å². The Balaban J connectivity index is 2.03. The predicted molar refractivity (Wildman–Crippen MR) is 83.1 cm³/mol. The molecule has 0 aliphatic carbocycles. The average molecular weight is 304 g/mol. The maximum Gasteiger partial charge on any atom is 0.286 e. The fourth-order valence-corrected chi connectivity index (χ4v) is 2.74. The molecule has 0 amide bonds. The second-order valence-electron chi connectivity index (χ2n) is 4.09. The van der Waals surface area contributed by atoms with Gasteiger partial charge in [0, 0.05) is 5.02 Å². The summed E-state index contributed by atoms with van der Waals surface area (Å²) >= 11 is 7.22. The van der Waals surface area contributed by atoms with Crippen molar-refractivity contribution in [2.24, 2.45) is 5.10 Å². The second-order valence-corrected chi connectivity index (χ2v) is 5.56. The van der Waals surface area contributed by atoms with Crippen molar-refractivity contribution in [3.63, 3.8) is 0 Å². The zero-order valence-electron chi connectivity index (χ0n) is 10.3. The summed E-state index contributed by atoms with van der Waals surface area (Å²) in [5.41, 5.74) is 4.16. The van der Waals surface area contributed by atoms with Crippen LogP contribution in [0.2, 0.25) is 5.02 Å². The van der Waals surface area contributed by atoms with Gasteiger partial charge in [-0.2, -0.15) is 5.10 Å². The Labute approximate surface area is 123 Å². The number of nitrogens with zero attached hydrogens (tertiary/aromatic N) is 1. The van der Waals surface area contributed by atoms with Gasteiger partial charge in [-0.3, -0.25) is 10.2 Å². The summed E-state index contributed by atoms with van der Waals surface area (Å²) in [7, 11) is 0. The molecular formula is C14H10ClN3OS. The number of halogens is 1. The van der Waals surface area contributed by atoms with Crippen molar-refractivity contribution in [3.05, 3.63) is 68.6 Å². The largest absolute Gasteiger partial charge is 0.319 e. The third-order valence-electron chi connectivity index (χ3n) is 2.65. The van der Waals surface area contributed by atoms with Gasteiger partial charge in [-0.15, -0.1) is 11.3 Å². The molecule has 0 bridgehead atoms. The first-order valence-corrected chi connectivity index (χ1v) is 7.09. The van der Waals surface area contributed by atoms with E-state index in [2.05, 4.69) is 15.5 Å². The molecule has 0 saturated heterocycles. The zero-order chi connectivity index (χ0) is 13.9. The quantitative estimate of drug-likeness (QED) is 0.714. The number of hydrogen-bond acceptors (Lipinski definition) is 4. The summed E-state index contributed by atoms with van der Waals surface area (Å²) in [6, 6.07) is 14.8. The summed E-state index contributed by atoms with van der Waals surface area (Å²) in [4.78, 5) is 14.7. The number of nitrogens with one attached hydrogen (secondary N) is 2. The Bertz CT molecular complexity index is 885. The van der Waals surface area contributed by atoms with Crippen molar-refractivity contribution >= 4 is 38.8 Å². The molecule has 1 aromatic heterocycles. The van der Waals surface area contributed by atoms with Gasteiger partial charge in [0.15, 0.2) is 0 Å². The number of hydrogen-bond donors (Lipinski definition) is 2. The van der Waals surface area contributed by atoms with E-state index in [1.54, 1.807) is 12.1 Å². The normalized spacial score (nSPS) is 11.8. The number of anilines is 1. The molecule has 0 fully saturated rings. The zero-order valence-corrected chi connectivity index (χ0v) is 11.8. The highest BCUT2D eigenvalue weighted by Crippen LogP contribution is 2.14. The minimum absolute atomic E-state index is 0.219. The van der Waals surface area contributed by atoms with E-state index in [4.69, 9.17) is 11.6 Å². The Kier molecular flexibility index (Phi) is 3.54. The Morgan fingerprint density at radius 2 is 2.00 bits per heavy atom. The number of aromatic nitrogens is 1. The highest BCUT2D eigenvalue weighted by molar-refractivity contribution is 7.16. The number of H-pyrrole nitrogens is 1. The second kappa shape index (κ2) is 5.48. The molecule has 0 aliphatic rings. The lowest BCUT2D eigenvalue weighted by molar-refractivity contribution is 1.18. The van der Waals surface area contributed by atoms with Crippen LogP contribution in [0.1, 0.15) is 0 Å². The van der Waals surface area contributed by atoms with Crippen LogP contribution in [0.4, 0.5) is 5.69 Å². The van der Waals surface area contributed by atoms with E-state index in [9.17, 15) is 4.79 Å². The van der Waals surface area contributed by atoms with Gasteiger partial charge in [-0.25, -0.2) is 0 Å². The number of rotatable bonds is 2. The molecule has 100 valence electrons. The van der Waals surface area contributed by atoms with E-state index in [0.717, 1.165) is 15.9 Å². The number of fused-ring (bicyclic) bond motifs is 1. The fourth-order valence-electron chi connectivity index (χ4n) is 1.73. The van der Waals surface area contributed by atoms with Gasteiger partial charge in [0.2, 0.25) is 4.67 Å². The van der Waals surface area contributed by atoms with Crippen molar-refractivity contribution in [3.8, 4) is 0 Å². The minimum Gasteiger partial charge on any atom is -0.319 e. The van der Waals surface area contributed by atoms with E-state index in [0.29, 0.717) is 9.69 Å². The SMILES string of the molecule is O=c1[nH]c2ccccc2s/c1=N\Nc1cccc(Cl)c1. The fraction of sp³-hybridized carbons (Fsp3) is 0. The molecule has 0 atom stereocenters. The Morgan fingerprint density at radius 3 is 2.85 bits per heavy atom. The van der Waals surface area contributed by atoms with Gasteiger partial charge in [-0.1, -0.05) is 29.8 Å². The van der Waals surface area contributed by atoms with Crippen LogP contribution in [0.15, 0.2) is 58.4 Å². The van der Waals surface area contributed by atoms with Gasteiger partial charge < -0.3 is 4.98 Å². The van der Waals surface area contributed by atoms with Gasteiger partial charge in [0.25, 0.3) is 5.56 Å². The van der Waals surface area contributed by atoms with Crippen LogP contribution in [-0.2, 0) is 0 Å². The van der Waals surface area contributed by atoms with Crippen LogP contribution in [-0.4, -0.2) is 4.98 Å². The molecular weight excluding hydrogens is 294 g/mol. The predicted octanol–water partition coefficient (Wildman–Crippen LogP) is 3.17. The average Bonchev–Trinajstić information content (AvgIpc) is 2.45. The lowest BCUT2D eigenvalue weighted by Crippen LogP contribution is -2.25. The van der Waals surface area contributed by atoms with E-state index < -0.39 is 0 Å². The molecule has 2 aromatic carbocycles. The molecule has 3 rings (SSSR count). The van der Waals surface area contributed by atoms with Gasteiger partial charge in [0.1, 0.15) is 0 Å².